The van der Waals surface area contributed by atoms with E-state index in [9.17, 15) is 4.79 Å². The SMILES string of the molecule is CC(C)NC(=O)NC[C@H]1C[C@@H]([C@@H](N)CC2CCCCC2)OC(C)(C)O1. The Hall–Kier alpha value is -0.850. The van der Waals surface area contributed by atoms with E-state index in [0.717, 1.165) is 18.8 Å². The minimum absolute atomic E-state index is 0.0226. The number of carbonyl (C=O) groups is 1. The molecule has 0 aromatic heterocycles. The molecule has 2 amide bonds. The summed E-state index contributed by atoms with van der Waals surface area (Å²) in [4.78, 5) is 11.8. The third-order valence-corrected chi connectivity index (χ3v) is 5.10. The number of ether oxygens (including phenoxy) is 2. The molecule has 2 aliphatic rings. The van der Waals surface area contributed by atoms with Crippen LogP contribution in [0.3, 0.4) is 0 Å². The van der Waals surface area contributed by atoms with Crippen molar-refractivity contribution in [3.8, 4) is 0 Å². The Morgan fingerprint density at radius 1 is 1.20 bits per heavy atom. The number of carbonyl (C=O) groups excluding carboxylic acids is 1. The van der Waals surface area contributed by atoms with Gasteiger partial charge in [0, 0.05) is 25.0 Å². The topological polar surface area (TPSA) is 85.6 Å². The first-order valence-electron chi connectivity index (χ1n) is 9.91. The van der Waals surface area contributed by atoms with Crippen LogP contribution in [0.1, 0.15) is 72.6 Å². The van der Waals surface area contributed by atoms with Gasteiger partial charge in [-0.15, -0.1) is 0 Å². The Bertz CT molecular complexity index is 422. The van der Waals surface area contributed by atoms with Gasteiger partial charge in [-0.1, -0.05) is 32.1 Å². The van der Waals surface area contributed by atoms with Crippen LogP contribution in [-0.4, -0.2) is 42.7 Å². The molecule has 1 saturated heterocycles. The first-order chi connectivity index (χ1) is 11.7. The molecule has 2 rings (SSSR count). The van der Waals surface area contributed by atoms with Crippen LogP contribution in [0.5, 0.6) is 0 Å². The van der Waals surface area contributed by atoms with Gasteiger partial charge >= 0.3 is 6.03 Å². The lowest BCUT2D eigenvalue weighted by Gasteiger charge is -2.43. The highest BCUT2D eigenvalue weighted by atomic mass is 16.7. The van der Waals surface area contributed by atoms with Gasteiger partial charge in [0.05, 0.1) is 12.2 Å². The van der Waals surface area contributed by atoms with E-state index in [0.29, 0.717) is 6.54 Å². The maximum Gasteiger partial charge on any atom is 0.315 e. The fourth-order valence-electron chi connectivity index (χ4n) is 4.02. The van der Waals surface area contributed by atoms with Crippen LogP contribution in [0.2, 0.25) is 0 Å². The molecule has 146 valence electrons. The second kappa shape index (κ2) is 9.19. The summed E-state index contributed by atoms with van der Waals surface area (Å²) in [6, 6.07) is -0.0204. The predicted molar refractivity (Wildman–Crippen MR) is 99.3 cm³/mol. The van der Waals surface area contributed by atoms with Crippen molar-refractivity contribution in [1.29, 1.82) is 0 Å². The molecule has 0 unspecified atom stereocenters. The fraction of sp³-hybridized carbons (Fsp3) is 0.947. The van der Waals surface area contributed by atoms with Gasteiger partial charge in [-0.05, 0) is 40.0 Å². The summed E-state index contributed by atoms with van der Waals surface area (Å²) >= 11 is 0. The van der Waals surface area contributed by atoms with Crippen LogP contribution >= 0.6 is 0 Å². The molecule has 25 heavy (non-hydrogen) atoms. The van der Waals surface area contributed by atoms with Gasteiger partial charge in [0.1, 0.15) is 0 Å². The maximum atomic E-state index is 11.8. The second-order valence-electron chi connectivity index (χ2n) is 8.44. The Kier molecular flexibility index (Phi) is 7.52. The molecule has 2 fully saturated rings. The minimum atomic E-state index is -0.673. The molecule has 1 aliphatic carbocycles. The third-order valence-electron chi connectivity index (χ3n) is 5.10. The van der Waals surface area contributed by atoms with Crippen LogP contribution < -0.4 is 16.4 Å². The van der Waals surface area contributed by atoms with Gasteiger partial charge in [-0.3, -0.25) is 0 Å². The van der Waals surface area contributed by atoms with Crippen molar-refractivity contribution in [2.45, 2.75) is 103 Å². The minimum Gasteiger partial charge on any atom is -0.346 e. The van der Waals surface area contributed by atoms with E-state index < -0.39 is 5.79 Å². The molecule has 0 aromatic rings. The van der Waals surface area contributed by atoms with E-state index in [2.05, 4.69) is 10.6 Å². The van der Waals surface area contributed by atoms with Gasteiger partial charge in [-0.2, -0.15) is 0 Å². The molecule has 4 N–H and O–H groups in total. The van der Waals surface area contributed by atoms with Crippen molar-refractivity contribution < 1.29 is 14.3 Å². The average molecular weight is 356 g/mol. The van der Waals surface area contributed by atoms with E-state index >= 15 is 0 Å². The molecule has 0 aromatic carbocycles. The summed E-state index contributed by atoms with van der Waals surface area (Å²) < 4.78 is 12.1. The van der Waals surface area contributed by atoms with Crippen LogP contribution in [0, 0.1) is 5.92 Å². The van der Waals surface area contributed by atoms with Gasteiger partial charge < -0.3 is 25.8 Å². The smallest absolute Gasteiger partial charge is 0.315 e. The summed E-state index contributed by atoms with van der Waals surface area (Å²) in [5.41, 5.74) is 6.50. The molecular weight excluding hydrogens is 318 g/mol. The summed E-state index contributed by atoms with van der Waals surface area (Å²) in [5, 5.41) is 5.72. The van der Waals surface area contributed by atoms with Crippen LogP contribution in [0.25, 0.3) is 0 Å². The normalized spacial score (nSPS) is 28.6. The maximum absolute atomic E-state index is 11.8. The molecule has 0 bridgehead atoms. The van der Waals surface area contributed by atoms with Crippen molar-refractivity contribution in [1.82, 2.24) is 10.6 Å². The summed E-state index contributed by atoms with van der Waals surface area (Å²) in [7, 11) is 0. The zero-order valence-electron chi connectivity index (χ0n) is 16.3. The zero-order valence-corrected chi connectivity index (χ0v) is 16.3. The van der Waals surface area contributed by atoms with Gasteiger partial charge in [-0.25, -0.2) is 4.79 Å². The van der Waals surface area contributed by atoms with Gasteiger partial charge in [0.15, 0.2) is 5.79 Å². The lowest BCUT2D eigenvalue weighted by molar-refractivity contribution is -0.301. The van der Waals surface area contributed by atoms with Crippen LogP contribution in [-0.2, 0) is 9.47 Å². The molecule has 1 heterocycles. The van der Waals surface area contributed by atoms with Gasteiger partial charge in [0.25, 0.3) is 0 Å². The predicted octanol–water partition coefficient (Wildman–Crippen LogP) is 2.90. The highest BCUT2D eigenvalue weighted by Crippen LogP contribution is 2.32. The summed E-state index contributed by atoms with van der Waals surface area (Å²) in [6.07, 6.45) is 8.24. The number of nitrogens with one attached hydrogen (secondary N) is 2. The molecule has 1 aliphatic heterocycles. The van der Waals surface area contributed by atoms with Crippen molar-refractivity contribution >= 4 is 6.03 Å². The molecular formula is C19H37N3O3. The molecule has 0 radical (unpaired) electrons. The van der Waals surface area contributed by atoms with Crippen molar-refractivity contribution in [2.24, 2.45) is 11.7 Å². The first-order valence-corrected chi connectivity index (χ1v) is 9.91. The largest absolute Gasteiger partial charge is 0.346 e. The number of hydrogen-bond donors (Lipinski definition) is 3. The molecule has 1 saturated carbocycles. The standard InChI is InChI=1S/C19H37N3O3/c1-13(2)22-18(23)21-12-15-11-17(25-19(3,4)24-15)16(20)10-14-8-6-5-7-9-14/h13-17H,5-12,20H2,1-4H3,(H2,21,22,23)/t15-,16+,17+/m1/s1. The monoisotopic (exact) mass is 355 g/mol. The Balaban J connectivity index is 1.84. The van der Waals surface area contributed by atoms with Crippen molar-refractivity contribution in [3.63, 3.8) is 0 Å². The van der Waals surface area contributed by atoms with E-state index in [1.807, 2.05) is 27.7 Å². The number of amides is 2. The van der Waals surface area contributed by atoms with Crippen molar-refractivity contribution in [2.75, 3.05) is 6.54 Å². The highest BCUT2D eigenvalue weighted by Gasteiger charge is 2.38. The lowest BCUT2D eigenvalue weighted by Crippen LogP contribution is -2.54. The Morgan fingerprint density at radius 3 is 2.52 bits per heavy atom. The second-order valence-corrected chi connectivity index (χ2v) is 8.44. The van der Waals surface area contributed by atoms with Gasteiger partial charge in [0.2, 0.25) is 0 Å². The number of rotatable bonds is 6. The van der Waals surface area contributed by atoms with E-state index in [1.165, 1.54) is 32.1 Å². The number of urea groups is 1. The summed E-state index contributed by atoms with van der Waals surface area (Å²) in [5.74, 6) is 0.0558. The Labute approximate surface area is 152 Å². The average Bonchev–Trinajstić information content (AvgIpc) is 2.52. The zero-order chi connectivity index (χ0) is 18.4. The molecule has 3 atom stereocenters. The first kappa shape index (κ1) is 20.5. The quantitative estimate of drug-likeness (QED) is 0.684. The van der Waals surface area contributed by atoms with E-state index in [1.54, 1.807) is 0 Å². The Morgan fingerprint density at radius 2 is 1.88 bits per heavy atom. The number of hydrogen-bond acceptors (Lipinski definition) is 4. The van der Waals surface area contributed by atoms with E-state index in [-0.39, 0.29) is 30.3 Å². The third kappa shape index (κ3) is 7.12. The lowest BCUT2D eigenvalue weighted by atomic mass is 9.83. The number of nitrogens with two attached hydrogens (primary N) is 1. The fourth-order valence-corrected chi connectivity index (χ4v) is 4.02. The van der Waals surface area contributed by atoms with Crippen LogP contribution in [0.15, 0.2) is 0 Å². The van der Waals surface area contributed by atoms with Crippen LogP contribution in [0.4, 0.5) is 4.79 Å². The summed E-state index contributed by atoms with van der Waals surface area (Å²) in [6.45, 7) is 8.20. The van der Waals surface area contributed by atoms with E-state index in [4.69, 9.17) is 15.2 Å². The molecule has 6 nitrogen and oxygen atoms in total. The van der Waals surface area contributed by atoms with Crippen molar-refractivity contribution in [3.05, 3.63) is 0 Å². The molecule has 0 spiro atoms. The highest BCUT2D eigenvalue weighted by molar-refractivity contribution is 5.74. The molecule has 6 heteroatoms.